The molecule has 0 aromatic rings. The van der Waals surface area contributed by atoms with E-state index in [1.165, 1.54) is 32.1 Å². The third-order valence-corrected chi connectivity index (χ3v) is 5.12. The zero-order valence-corrected chi connectivity index (χ0v) is 10.7. The third-order valence-electron chi connectivity index (χ3n) is 5.12. The van der Waals surface area contributed by atoms with Gasteiger partial charge in [0.2, 0.25) is 0 Å². The van der Waals surface area contributed by atoms with Crippen LogP contribution in [0, 0.1) is 29.6 Å². The van der Waals surface area contributed by atoms with E-state index in [0.717, 1.165) is 29.6 Å². The first kappa shape index (κ1) is 10.6. The van der Waals surface area contributed by atoms with Crippen LogP contribution in [0.15, 0.2) is 23.8 Å². The summed E-state index contributed by atoms with van der Waals surface area (Å²) < 4.78 is 0. The summed E-state index contributed by atoms with van der Waals surface area (Å²) in [5, 5.41) is 0. The first-order valence-corrected chi connectivity index (χ1v) is 7.13. The van der Waals surface area contributed by atoms with Crippen LogP contribution < -0.4 is 0 Å². The van der Waals surface area contributed by atoms with Crippen LogP contribution in [0.1, 0.15) is 46.0 Å². The van der Waals surface area contributed by atoms with Crippen molar-refractivity contribution in [2.75, 3.05) is 0 Å². The maximum atomic E-state index is 2.58. The molecule has 0 heterocycles. The van der Waals surface area contributed by atoms with E-state index >= 15 is 0 Å². The van der Waals surface area contributed by atoms with Gasteiger partial charge < -0.3 is 0 Å². The van der Waals surface area contributed by atoms with Gasteiger partial charge in [-0.2, -0.15) is 0 Å². The second kappa shape index (κ2) is 4.05. The Morgan fingerprint density at radius 1 is 1.06 bits per heavy atom. The van der Waals surface area contributed by atoms with Gasteiger partial charge in [0.05, 0.1) is 0 Å². The van der Waals surface area contributed by atoms with Gasteiger partial charge in [-0.25, -0.2) is 0 Å². The van der Waals surface area contributed by atoms with Gasteiger partial charge in [-0.3, -0.25) is 0 Å². The van der Waals surface area contributed by atoms with Crippen LogP contribution in [-0.4, -0.2) is 0 Å². The number of hydrogen-bond donors (Lipinski definition) is 0. The summed E-state index contributed by atoms with van der Waals surface area (Å²) in [5.74, 6) is 4.70. The Hall–Kier alpha value is -0.520. The van der Waals surface area contributed by atoms with Crippen LogP contribution in [-0.2, 0) is 0 Å². The predicted octanol–water partition coefficient (Wildman–Crippen LogP) is 4.58. The maximum absolute atomic E-state index is 2.58. The van der Waals surface area contributed by atoms with E-state index < -0.39 is 0 Å². The molecule has 3 aliphatic rings. The highest BCUT2D eigenvalue weighted by molar-refractivity contribution is 5.32. The maximum Gasteiger partial charge on any atom is -0.0130 e. The molecule has 3 atom stereocenters. The van der Waals surface area contributed by atoms with Crippen molar-refractivity contribution in [2.45, 2.75) is 46.0 Å². The summed E-state index contributed by atoms with van der Waals surface area (Å²) in [5.41, 5.74) is 1.64. The Balaban J connectivity index is 1.56. The first-order chi connectivity index (χ1) is 7.74. The topological polar surface area (TPSA) is 0 Å². The van der Waals surface area contributed by atoms with Gasteiger partial charge in [0, 0.05) is 0 Å². The van der Waals surface area contributed by atoms with Crippen molar-refractivity contribution in [1.82, 2.24) is 0 Å². The average molecular weight is 216 g/mol. The largest absolute Gasteiger partial charge is 0.0803 e. The molecule has 3 rings (SSSR count). The van der Waals surface area contributed by atoms with Crippen LogP contribution in [0.3, 0.4) is 0 Å². The number of rotatable bonds is 2. The van der Waals surface area contributed by atoms with Gasteiger partial charge in [0.15, 0.2) is 0 Å². The van der Waals surface area contributed by atoms with Gasteiger partial charge >= 0.3 is 0 Å². The summed E-state index contributed by atoms with van der Waals surface area (Å²) in [4.78, 5) is 0. The molecule has 16 heavy (non-hydrogen) atoms. The minimum atomic E-state index is 0.898. The molecule has 0 amide bonds. The number of allylic oxidation sites excluding steroid dienone is 4. The van der Waals surface area contributed by atoms with Gasteiger partial charge in [0.25, 0.3) is 0 Å². The lowest BCUT2D eigenvalue weighted by Crippen LogP contribution is -2.12. The minimum absolute atomic E-state index is 0.898. The molecule has 0 heteroatoms. The Kier molecular flexibility index (Phi) is 2.69. The van der Waals surface area contributed by atoms with Crippen molar-refractivity contribution in [2.24, 2.45) is 29.6 Å². The predicted molar refractivity (Wildman–Crippen MR) is 69.1 cm³/mol. The second-order valence-electron chi connectivity index (χ2n) is 6.44. The average Bonchev–Trinajstić information content (AvgIpc) is 2.93. The SMILES string of the molecule is CC1CCC(CC2=CC3C(C)C3C=C2)CC1. The fourth-order valence-corrected chi connectivity index (χ4v) is 3.63. The van der Waals surface area contributed by atoms with E-state index in [9.17, 15) is 0 Å². The molecule has 3 unspecified atom stereocenters. The number of hydrogen-bond acceptors (Lipinski definition) is 0. The number of fused-ring (bicyclic) bond motifs is 1. The highest BCUT2D eigenvalue weighted by Gasteiger charge is 2.44. The molecule has 0 bridgehead atoms. The normalized spacial score (nSPS) is 46.1. The van der Waals surface area contributed by atoms with Crippen molar-refractivity contribution in [3.05, 3.63) is 23.8 Å². The monoisotopic (exact) mass is 216 g/mol. The fraction of sp³-hybridized carbons (Fsp3) is 0.750. The lowest BCUT2D eigenvalue weighted by Gasteiger charge is -2.26. The Labute approximate surface area is 99.8 Å². The molecule has 0 radical (unpaired) electrons. The summed E-state index contributed by atoms with van der Waals surface area (Å²) in [6.07, 6.45) is 14.7. The summed E-state index contributed by atoms with van der Waals surface area (Å²) >= 11 is 0. The van der Waals surface area contributed by atoms with Crippen molar-refractivity contribution in [3.63, 3.8) is 0 Å². The molecule has 2 saturated carbocycles. The highest BCUT2D eigenvalue weighted by atomic mass is 14.5. The molecular weight excluding hydrogens is 192 g/mol. The Morgan fingerprint density at radius 2 is 1.81 bits per heavy atom. The minimum Gasteiger partial charge on any atom is -0.0803 e. The van der Waals surface area contributed by atoms with E-state index in [0.29, 0.717) is 0 Å². The molecule has 3 aliphatic carbocycles. The molecule has 0 spiro atoms. The molecule has 0 aromatic carbocycles. The van der Waals surface area contributed by atoms with E-state index in [2.05, 4.69) is 32.1 Å². The lowest BCUT2D eigenvalue weighted by molar-refractivity contribution is 0.289. The molecule has 0 aliphatic heterocycles. The standard InChI is InChI=1S/C16H24/c1-11-3-5-13(6-4-11)9-14-7-8-15-12(2)16(15)10-14/h7-8,10-13,15-16H,3-6,9H2,1-2H3. The Bertz CT molecular complexity index is 315. The lowest BCUT2D eigenvalue weighted by atomic mass is 9.79. The quantitative estimate of drug-likeness (QED) is 0.633. The fourth-order valence-electron chi connectivity index (χ4n) is 3.63. The summed E-state index contributed by atoms with van der Waals surface area (Å²) in [7, 11) is 0. The molecule has 0 N–H and O–H groups in total. The molecular formula is C16H24. The van der Waals surface area contributed by atoms with Gasteiger partial charge in [-0.1, -0.05) is 50.5 Å². The van der Waals surface area contributed by atoms with Crippen molar-refractivity contribution in [1.29, 1.82) is 0 Å². The third kappa shape index (κ3) is 1.99. The van der Waals surface area contributed by atoms with E-state index in [1.807, 2.05) is 0 Å². The van der Waals surface area contributed by atoms with E-state index in [-0.39, 0.29) is 0 Å². The zero-order chi connectivity index (χ0) is 11.1. The van der Waals surface area contributed by atoms with Gasteiger partial charge in [-0.15, -0.1) is 0 Å². The Morgan fingerprint density at radius 3 is 2.50 bits per heavy atom. The van der Waals surface area contributed by atoms with E-state index in [4.69, 9.17) is 0 Å². The first-order valence-electron chi connectivity index (χ1n) is 7.13. The van der Waals surface area contributed by atoms with Crippen LogP contribution in [0.2, 0.25) is 0 Å². The summed E-state index contributed by atoms with van der Waals surface area (Å²) in [6.45, 7) is 4.80. The van der Waals surface area contributed by atoms with Crippen molar-refractivity contribution in [3.8, 4) is 0 Å². The molecule has 88 valence electrons. The van der Waals surface area contributed by atoms with Gasteiger partial charge in [0.1, 0.15) is 0 Å². The zero-order valence-electron chi connectivity index (χ0n) is 10.7. The molecule has 0 nitrogen and oxygen atoms in total. The highest BCUT2D eigenvalue weighted by Crippen LogP contribution is 2.51. The van der Waals surface area contributed by atoms with E-state index in [1.54, 1.807) is 5.57 Å². The second-order valence-corrected chi connectivity index (χ2v) is 6.44. The van der Waals surface area contributed by atoms with Crippen LogP contribution in [0.4, 0.5) is 0 Å². The van der Waals surface area contributed by atoms with Crippen LogP contribution >= 0.6 is 0 Å². The van der Waals surface area contributed by atoms with Crippen molar-refractivity contribution < 1.29 is 0 Å². The van der Waals surface area contributed by atoms with Crippen molar-refractivity contribution >= 4 is 0 Å². The summed E-state index contributed by atoms with van der Waals surface area (Å²) in [6, 6.07) is 0. The van der Waals surface area contributed by atoms with Gasteiger partial charge in [-0.05, 0) is 48.9 Å². The van der Waals surface area contributed by atoms with Crippen LogP contribution in [0.5, 0.6) is 0 Å². The molecule has 2 fully saturated rings. The smallest absolute Gasteiger partial charge is 0.0130 e. The van der Waals surface area contributed by atoms with Crippen LogP contribution in [0.25, 0.3) is 0 Å². The molecule has 0 aromatic heterocycles. The molecule has 0 saturated heterocycles.